The molecule has 0 aromatic heterocycles. The lowest BCUT2D eigenvalue weighted by Gasteiger charge is -2.30. The second-order valence-corrected chi connectivity index (χ2v) is 5.94. The summed E-state index contributed by atoms with van der Waals surface area (Å²) >= 11 is 0. The lowest BCUT2D eigenvalue weighted by molar-refractivity contribution is -0.125. The van der Waals surface area contributed by atoms with E-state index in [4.69, 9.17) is 0 Å². The van der Waals surface area contributed by atoms with Crippen LogP contribution >= 0.6 is 0 Å². The molecule has 0 unspecified atom stereocenters. The van der Waals surface area contributed by atoms with Crippen molar-refractivity contribution in [3.8, 4) is 0 Å². The van der Waals surface area contributed by atoms with Gasteiger partial charge in [0.25, 0.3) is 0 Å². The Balaban J connectivity index is 2.01. The molecule has 1 aliphatic heterocycles. The van der Waals surface area contributed by atoms with Gasteiger partial charge in [-0.3, -0.25) is 24.2 Å². The number of anilines is 2. The van der Waals surface area contributed by atoms with Crippen LogP contribution in [0.2, 0.25) is 0 Å². The van der Waals surface area contributed by atoms with E-state index in [9.17, 15) is 14.4 Å². The van der Waals surface area contributed by atoms with Crippen LogP contribution in [0.3, 0.4) is 0 Å². The molecule has 7 heteroatoms. The predicted octanol–water partition coefficient (Wildman–Crippen LogP) is 0.428. The third kappa shape index (κ3) is 4.53. The molecule has 7 nitrogen and oxygen atoms in total. The number of amides is 3. The van der Waals surface area contributed by atoms with Gasteiger partial charge in [-0.05, 0) is 33.0 Å². The van der Waals surface area contributed by atoms with E-state index in [1.54, 1.807) is 30.1 Å². The monoisotopic (exact) mass is 318 g/mol. The van der Waals surface area contributed by atoms with Crippen molar-refractivity contribution in [2.24, 2.45) is 0 Å². The number of rotatable bonds is 5. The van der Waals surface area contributed by atoms with Gasteiger partial charge in [0.1, 0.15) is 6.54 Å². The van der Waals surface area contributed by atoms with Gasteiger partial charge in [0.15, 0.2) is 0 Å². The average Bonchev–Trinajstić information content (AvgIpc) is 2.44. The molecule has 2 rings (SSSR count). The predicted molar refractivity (Wildman–Crippen MR) is 88.2 cm³/mol. The second kappa shape index (κ2) is 7.23. The number of nitrogens with one attached hydrogen (secondary N) is 2. The molecule has 0 bridgehead atoms. The Morgan fingerprint density at radius 1 is 1.30 bits per heavy atom. The highest BCUT2D eigenvalue weighted by Crippen LogP contribution is 2.28. The molecule has 0 radical (unpaired) electrons. The van der Waals surface area contributed by atoms with Gasteiger partial charge >= 0.3 is 0 Å². The summed E-state index contributed by atoms with van der Waals surface area (Å²) in [6, 6.07) is 7.22. The molecule has 1 aromatic carbocycles. The molecule has 0 spiro atoms. The Morgan fingerprint density at radius 2 is 2.00 bits per heavy atom. The van der Waals surface area contributed by atoms with Crippen LogP contribution in [0.1, 0.15) is 13.8 Å². The number of carbonyl (C=O) groups is 3. The molecule has 0 aliphatic carbocycles. The van der Waals surface area contributed by atoms with Crippen molar-refractivity contribution in [3.05, 3.63) is 24.3 Å². The Labute approximate surface area is 135 Å². The first kappa shape index (κ1) is 17.0. The molecule has 0 saturated heterocycles. The number of carbonyl (C=O) groups excluding carboxylic acids is 3. The number of likely N-dealkylation sites (N-methyl/N-ethyl adjacent to an activating group) is 1. The van der Waals surface area contributed by atoms with Crippen molar-refractivity contribution < 1.29 is 14.4 Å². The van der Waals surface area contributed by atoms with Crippen LogP contribution in [0.5, 0.6) is 0 Å². The molecule has 1 aliphatic rings. The summed E-state index contributed by atoms with van der Waals surface area (Å²) in [6.07, 6.45) is 0. The van der Waals surface area contributed by atoms with Crippen molar-refractivity contribution in [2.75, 3.05) is 36.9 Å². The van der Waals surface area contributed by atoms with Gasteiger partial charge in [0.2, 0.25) is 17.7 Å². The molecule has 1 heterocycles. The van der Waals surface area contributed by atoms with E-state index in [1.165, 1.54) is 4.90 Å². The van der Waals surface area contributed by atoms with Gasteiger partial charge in [0, 0.05) is 6.04 Å². The van der Waals surface area contributed by atoms with Gasteiger partial charge in [-0.2, -0.15) is 0 Å². The van der Waals surface area contributed by atoms with Crippen LogP contribution in [0, 0.1) is 0 Å². The zero-order chi connectivity index (χ0) is 17.0. The highest BCUT2D eigenvalue weighted by atomic mass is 16.2. The number of benzene rings is 1. The van der Waals surface area contributed by atoms with Crippen LogP contribution in [0.25, 0.3) is 0 Å². The fraction of sp³-hybridized carbons (Fsp3) is 0.438. The zero-order valence-corrected chi connectivity index (χ0v) is 13.6. The minimum atomic E-state index is -0.225. The van der Waals surface area contributed by atoms with E-state index < -0.39 is 0 Å². The van der Waals surface area contributed by atoms with Crippen molar-refractivity contribution >= 4 is 29.1 Å². The van der Waals surface area contributed by atoms with Crippen LogP contribution in [0.4, 0.5) is 11.4 Å². The first-order chi connectivity index (χ1) is 10.9. The van der Waals surface area contributed by atoms with Crippen molar-refractivity contribution in [2.45, 2.75) is 19.9 Å². The molecule has 3 amide bonds. The molecular weight excluding hydrogens is 296 g/mol. The number of fused-ring (bicyclic) bond motifs is 1. The van der Waals surface area contributed by atoms with Crippen LogP contribution < -0.4 is 15.5 Å². The molecule has 1 aromatic rings. The van der Waals surface area contributed by atoms with E-state index in [2.05, 4.69) is 10.6 Å². The summed E-state index contributed by atoms with van der Waals surface area (Å²) < 4.78 is 0. The lowest BCUT2D eigenvalue weighted by Crippen LogP contribution is -2.47. The van der Waals surface area contributed by atoms with Gasteiger partial charge in [-0.1, -0.05) is 12.1 Å². The van der Waals surface area contributed by atoms with Gasteiger partial charge < -0.3 is 10.6 Å². The number of para-hydroxylation sites is 2. The van der Waals surface area contributed by atoms with Crippen LogP contribution in [-0.4, -0.2) is 55.3 Å². The minimum absolute atomic E-state index is 0.0120. The fourth-order valence-electron chi connectivity index (χ4n) is 2.44. The second-order valence-electron chi connectivity index (χ2n) is 5.94. The molecule has 2 N–H and O–H groups in total. The zero-order valence-electron chi connectivity index (χ0n) is 13.6. The van der Waals surface area contributed by atoms with Crippen LogP contribution in [-0.2, 0) is 14.4 Å². The Morgan fingerprint density at radius 3 is 2.70 bits per heavy atom. The molecule has 23 heavy (non-hydrogen) atoms. The molecule has 0 fully saturated rings. The van der Waals surface area contributed by atoms with Crippen molar-refractivity contribution in [1.82, 2.24) is 10.2 Å². The lowest BCUT2D eigenvalue weighted by atomic mass is 10.2. The van der Waals surface area contributed by atoms with Crippen LogP contribution in [0.15, 0.2) is 24.3 Å². The summed E-state index contributed by atoms with van der Waals surface area (Å²) in [7, 11) is 1.70. The Bertz CT molecular complexity index is 615. The summed E-state index contributed by atoms with van der Waals surface area (Å²) in [4.78, 5) is 39.0. The molecular formula is C16H22N4O3. The third-order valence-electron chi connectivity index (χ3n) is 3.34. The van der Waals surface area contributed by atoms with E-state index in [1.807, 2.05) is 19.9 Å². The highest BCUT2D eigenvalue weighted by molar-refractivity contribution is 6.10. The fourth-order valence-corrected chi connectivity index (χ4v) is 2.44. The molecule has 0 atom stereocenters. The summed E-state index contributed by atoms with van der Waals surface area (Å²) in [5.74, 6) is -0.573. The number of hydrogen-bond acceptors (Lipinski definition) is 4. The topological polar surface area (TPSA) is 81.8 Å². The highest BCUT2D eigenvalue weighted by Gasteiger charge is 2.27. The summed E-state index contributed by atoms with van der Waals surface area (Å²) in [5, 5.41) is 5.52. The molecule has 0 saturated carbocycles. The van der Waals surface area contributed by atoms with E-state index in [0.29, 0.717) is 11.4 Å². The minimum Gasteiger partial charge on any atom is -0.353 e. The summed E-state index contributed by atoms with van der Waals surface area (Å²) in [6.45, 7) is 3.94. The third-order valence-corrected chi connectivity index (χ3v) is 3.34. The van der Waals surface area contributed by atoms with Gasteiger partial charge in [-0.15, -0.1) is 0 Å². The standard InChI is InChI=1S/C16H22N4O3/c1-11(2)17-14(21)8-19(3)10-16(23)20-9-15(22)18-12-6-4-5-7-13(12)20/h4-7,11H,8-10H2,1-3H3,(H,17,21)(H,18,22). The summed E-state index contributed by atoms with van der Waals surface area (Å²) in [5.41, 5.74) is 1.30. The van der Waals surface area contributed by atoms with Gasteiger partial charge in [-0.25, -0.2) is 0 Å². The van der Waals surface area contributed by atoms with Crippen molar-refractivity contribution in [3.63, 3.8) is 0 Å². The smallest absolute Gasteiger partial charge is 0.244 e. The van der Waals surface area contributed by atoms with E-state index in [0.717, 1.165) is 0 Å². The van der Waals surface area contributed by atoms with E-state index in [-0.39, 0.29) is 43.4 Å². The first-order valence-corrected chi connectivity index (χ1v) is 7.54. The Hall–Kier alpha value is -2.41. The van der Waals surface area contributed by atoms with E-state index >= 15 is 0 Å². The number of nitrogens with zero attached hydrogens (tertiary/aromatic N) is 2. The number of hydrogen-bond donors (Lipinski definition) is 2. The maximum absolute atomic E-state index is 12.5. The largest absolute Gasteiger partial charge is 0.353 e. The maximum atomic E-state index is 12.5. The van der Waals surface area contributed by atoms with Crippen molar-refractivity contribution in [1.29, 1.82) is 0 Å². The maximum Gasteiger partial charge on any atom is 0.244 e. The normalized spacial score (nSPS) is 13.8. The van der Waals surface area contributed by atoms with Gasteiger partial charge in [0.05, 0.1) is 24.5 Å². The Kier molecular flexibility index (Phi) is 5.33. The quantitative estimate of drug-likeness (QED) is 0.825. The SMILES string of the molecule is CC(C)NC(=O)CN(C)CC(=O)N1CC(=O)Nc2ccccc21. The molecule has 124 valence electrons. The first-order valence-electron chi connectivity index (χ1n) is 7.54. The average molecular weight is 318 g/mol.